The predicted octanol–water partition coefficient (Wildman–Crippen LogP) is 3.39. The molecule has 0 saturated heterocycles. The first-order valence-electron chi connectivity index (χ1n) is 4.95. The van der Waals surface area contributed by atoms with Crippen molar-refractivity contribution in [1.29, 1.82) is 0 Å². The van der Waals surface area contributed by atoms with Crippen LogP contribution in [0.25, 0.3) is 0 Å². The molecular weight excluding hydrogens is 176 g/mol. The molecule has 0 bridgehead atoms. The molecule has 0 radical (unpaired) electrons. The molecule has 0 amide bonds. The highest BCUT2D eigenvalue weighted by atomic mass is 16.4. The van der Waals surface area contributed by atoms with E-state index in [0.717, 1.165) is 12.0 Å². The molecule has 0 spiro atoms. The fraction of sp³-hybridized carbons (Fsp3) is 0.667. The molecule has 0 unspecified atom stereocenters. The summed E-state index contributed by atoms with van der Waals surface area (Å²) in [4.78, 5) is 10.7. The maximum atomic E-state index is 10.7. The molecule has 0 aromatic heterocycles. The first-order chi connectivity index (χ1) is 6.26. The van der Waals surface area contributed by atoms with Gasteiger partial charge in [-0.3, -0.25) is 0 Å². The Morgan fingerprint density at radius 2 is 1.86 bits per heavy atom. The van der Waals surface area contributed by atoms with Gasteiger partial charge in [0.15, 0.2) is 0 Å². The lowest BCUT2D eigenvalue weighted by Crippen LogP contribution is -2.05. The van der Waals surface area contributed by atoms with Crippen molar-refractivity contribution in [2.45, 2.75) is 47.5 Å². The number of carbonyl (C=O) groups is 1. The number of carboxylic acid groups (broad SMARTS) is 1. The zero-order valence-electron chi connectivity index (χ0n) is 9.77. The van der Waals surface area contributed by atoms with Gasteiger partial charge in [-0.05, 0) is 30.8 Å². The molecule has 2 heteroatoms. The van der Waals surface area contributed by atoms with Gasteiger partial charge in [0.1, 0.15) is 0 Å². The Morgan fingerprint density at radius 1 is 1.36 bits per heavy atom. The summed E-state index contributed by atoms with van der Waals surface area (Å²) in [6.07, 6.45) is 1.40. The summed E-state index contributed by atoms with van der Waals surface area (Å²) >= 11 is 0. The van der Waals surface area contributed by atoms with E-state index in [4.69, 9.17) is 5.11 Å². The first kappa shape index (κ1) is 13.0. The van der Waals surface area contributed by atoms with Crippen LogP contribution in [0.15, 0.2) is 16.9 Å². The number of hydrogen-bond acceptors (Lipinski definition) is 1. The largest absolute Gasteiger partial charge is 0.477 e. The van der Waals surface area contributed by atoms with Crippen molar-refractivity contribution in [3.8, 4) is 0 Å². The van der Waals surface area contributed by atoms with Crippen LogP contribution in [0, 0.1) is 5.41 Å². The Morgan fingerprint density at radius 3 is 2.14 bits per heavy atom. The van der Waals surface area contributed by atoms with E-state index in [2.05, 4.69) is 26.5 Å². The molecule has 0 heterocycles. The van der Waals surface area contributed by atoms with Crippen molar-refractivity contribution in [3.63, 3.8) is 0 Å². The molecule has 0 aliphatic carbocycles. The average molecular weight is 196 g/mol. The van der Waals surface area contributed by atoms with E-state index in [1.54, 1.807) is 0 Å². The molecule has 0 saturated carbocycles. The second kappa shape index (κ2) is 5.02. The molecule has 14 heavy (non-hydrogen) atoms. The summed E-state index contributed by atoms with van der Waals surface area (Å²) in [7, 11) is 0. The topological polar surface area (TPSA) is 37.3 Å². The summed E-state index contributed by atoms with van der Waals surface area (Å²) in [5.74, 6) is -0.860. The zero-order valence-corrected chi connectivity index (χ0v) is 9.77. The quantitative estimate of drug-likeness (QED) is 0.555. The van der Waals surface area contributed by atoms with Gasteiger partial charge in [0.05, 0.1) is 5.57 Å². The third kappa shape index (κ3) is 5.60. The van der Waals surface area contributed by atoms with Gasteiger partial charge in [-0.25, -0.2) is 4.79 Å². The minimum atomic E-state index is -0.860. The number of aliphatic carboxylic acids is 1. The Labute approximate surface area is 86.3 Å². The second-order valence-electron chi connectivity index (χ2n) is 4.78. The molecule has 0 aliphatic rings. The SMILES string of the molecule is CCC(=C=C(C)CC(C)(C)C)C(=O)O. The van der Waals surface area contributed by atoms with Crippen LogP contribution in [0.2, 0.25) is 0 Å². The van der Waals surface area contributed by atoms with Crippen molar-refractivity contribution in [2.24, 2.45) is 5.41 Å². The van der Waals surface area contributed by atoms with E-state index in [-0.39, 0.29) is 5.41 Å². The molecule has 2 nitrogen and oxygen atoms in total. The Hall–Kier alpha value is -1.01. The molecule has 0 aromatic carbocycles. The second-order valence-corrected chi connectivity index (χ2v) is 4.78. The third-order valence-corrected chi connectivity index (χ3v) is 1.77. The molecule has 0 atom stereocenters. The van der Waals surface area contributed by atoms with E-state index >= 15 is 0 Å². The molecular formula is C12H20O2. The van der Waals surface area contributed by atoms with Crippen LogP contribution in [0.4, 0.5) is 0 Å². The minimum Gasteiger partial charge on any atom is -0.477 e. The number of hydrogen-bond donors (Lipinski definition) is 1. The van der Waals surface area contributed by atoms with Crippen molar-refractivity contribution >= 4 is 5.97 Å². The van der Waals surface area contributed by atoms with E-state index in [0.29, 0.717) is 12.0 Å². The molecule has 0 fully saturated rings. The molecule has 80 valence electrons. The van der Waals surface area contributed by atoms with Gasteiger partial charge >= 0.3 is 5.97 Å². The van der Waals surface area contributed by atoms with Gasteiger partial charge in [-0.1, -0.05) is 27.7 Å². The summed E-state index contributed by atoms with van der Waals surface area (Å²) in [6, 6.07) is 0. The predicted molar refractivity (Wildman–Crippen MR) is 58.2 cm³/mol. The highest BCUT2D eigenvalue weighted by molar-refractivity contribution is 5.86. The van der Waals surface area contributed by atoms with E-state index in [1.165, 1.54) is 0 Å². The van der Waals surface area contributed by atoms with Crippen molar-refractivity contribution < 1.29 is 9.90 Å². The Bertz CT molecular complexity index is 273. The molecule has 0 aromatic rings. The normalized spacial score (nSPS) is 10.6. The summed E-state index contributed by atoms with van der Waals surface area (Å²) in [5, 5.41) is 8.81. The van der Waals surface area contributed by atoms with E-state index in [9.17, 15) is 4.79 Å². The van der Waals surface area contributed by atoms with Gasteiger partial charge in [0.25, 0.3) is 0 Å². The maximum absolute atomic E-state index is 10.7. The van der Waals surface area contributed by atoms with Crippen LogP contribution in [0.5, 0.6) is 0 Å². The van der Waals surface area contributed by atoms with Gasteiger partial charge in [-0.2, -0.15) is 0 Å². The van der Waals surface area contributed by atoms with Gasteiger partial charge in [0, 0.05) is 0 Å². The zero-order chi connectivity index (χ0) is 11.4. The number of carboxylic acids is 1. The van der Waals surface area contributed by atoms with Crippen LogP contribution in [0.3, 0.4) is 0 Å². The van der Waals surface area contributed by atoms with Crippen molar-refractivity contribution in [2.75, 3.05) is 0 Å². The fourth-order valence-corrected chi connectivity index (χ4v) is 1.39. The van der Waals surface area contributed by atoms with Crippen LogP contribution in [-0.4, -0.2) is 11.1 Å². The Kier molecular flexibility index (Phi) is 4.65. The third-order valence-electron chi connectivity index (χ3n) is 1.77. The van der Waals surface area contributed by atoms with Crippen LogP contribution in [-0.2, 0) is 4.79 Å². The van der Waals surface area contributed by atoms with E-state index < -0.39 is 5.97 Å². The minimum absolute atomic E-state index is 0.189. The highest BCUT2D eigenvalue weighted by Gasteiger charge is 2.11. The van der Waals surface area contributed by atoms with Crippen LogP contribution >= 0.6 is 0 Å². The lowest BCUT2D eigenvalue weighted by Gasteiger charge is -2.17. The van der Waals surface area contributed by atoms with Gasteiger partial charge in [0.2, 0.25) is 0 Å². The van der Waals surface area contributed by atoms with E-state index in [1.807, 2.05) is 13.8 Å². The highest BCUT2D eigenvalue weighted by Crippen LogP contribution is 2.23. The lowest BCUT2D eigenvalue weighted by atomic mass is 9.88. The summed E-state index contributed by atoms with van der Waals surface area (Å²) in [6.45, 7) is 10.2. The number of rotatable bonds is 3. The maximum Gasteiger partial charge on any atom is 0.339 e. The molecule has 0 rings (SSSR count). The molecule has 1 N–H and O–H groups in total. The van der Waals surface area contributed by atoms with Gasteiger partial charge < -0.3 is 5.11 Å². The van der Waals surface area contributed by atoms with Gasteiger partial charge in [-0.15, -0.1) is 5.73 Å². The average Bonchev–Trinajstić information content (AvgIpc) is 1.96. The van der Waals surface area contributed by atoms with Crippen LogP contribution in [0.1, 0.15) is 47.5 Å². The first-order valence-corrected chi connectivity index (χ1v) is 4.95. The van der Waals surface area contributed by atoms with Crippen LogP contribution < -0.4 is 0 Å². The summed E-state index contributed by atoms with van der Waals surface area (Å²) < 4.78 is 0. The fourth-order valence-electron chi connectivity index (χ4n) is 1.39. The standard InChI is InChI=1S/C12H20O2/c1-6-10(11(13)14)7-9(2)8-12(3,4)5/h6,8H2,1-5H3,(H,13,14). The Balaban J connectivity index is 4.86. The molecule has 0 aliphatic heterocycles. The van der Waals surface area contributed by atoms with Crippen molar-refractivity contribution in [1.82, 2.24) is 0 Å². The summed E-state index contributed by atoms with van der Waals surface area (Å²) in [5.41, 5.74) is 4.52. The monoisotopic (exact) mass is 196 g/mol. The smallest absolute Gasteiger partial charge is 0.339 e. The van der Waals surface area contributed by atoms with Crippen molar-refractivity contribution in [3.05, 3.63) is 16.9 Å². The lowest BCUT2D eigenvalue weighted by molar-refractivity contribution is -0.132.